The first-order valence-corrected chi connectivity index (χ1v) is 6.20. The van der Waals surface area contributed by atoms with Crippen LogP contribution in [0, 0.1) is 12.8 Å². The summed E-state index contributed by atoms with van der Waals surface area (Å²) in [5, 5.41) is 2.32. The maximum atomic E-state index is 12.1. The summed E-state index contributed by atoms with van der Waals surface area (Å²) in [5.74, 6) is -0.904. The number of carbonyl (C=O) groups excluding carboxylic acids is 2. The van der Waals surface area contributed by atoms with Gasteiger partial charge in [-0.1, -0.05) is 6.08 Å². The van der Waals surface area contributed by atoms with Gasteiger partial charge in [0.1, 0.15) is 11.3 Å². The van der Waals surface area contributed by atoms with E-state index in [1.807, 2.05) is 6.92 Å². The molecular formula is C13H14N2O4. The Morgan fingerprint density at radius 2 is 2.05 bits per heavy atom. The first-order chi connectivity index (χ1) is 8.99. The van der Waals surface area contributed by atoms with Crippen LogP contribution in [0.5, 0.6) is 0 Å². The fourth-order valence-corrected chi connectivity index (χ4v) is 2.98. The predicted molar refractivity (Wildman–Crippen MR) is 66.3 cm³/mol. The first-order valence-electron chi connectivity index (χ1n) is 6.20. The second-order valence-corrected chi connectivity index (χ2v) is 5.10. The second kappa shape index (κ2) is 3.69. The van der Waals surface area contributed by atoms with Crippen molar-refractivity contribution >= 4 is 17.9 Å². The van der Waals surface area contributed by atoms with E-state index in [1.54, 1.807) is 19.1 Å². The summed E-state index contributed by atoms with van der Waals surface area (Å²) >= 11 is 0. The van der Waals surface area contributed by atoms with E-state index in [2.05, 4.69) is 5.32 Å². The molecule has 2 aliphatic heterocycles. The lowest BCUT2D eigenvalue weighted by atomic mass is 9.64. The summed E-state index contributed by atoms with van der Waals surface area (Å²) in [6, 6.07) is 0. The molecule has 4 rings (SSSR count). The van der Waals surface area contributed by atoms with E-state index in [4.69, 9.17) is 4.42 Å². The molecule has 0 unspecified atom stereocenters. The van der Waals surface area contributed by atoms with Crippen molar-refractivity contribution in [1.29, 1.82) is 0 Å². The minimum Gasteiger partial charge on any atom is -0.413 e. The monoisotopic (exact) mass is 262 g/mol. The van der Waals surface area contributed by atoms with Gasteiger partial charge in [-0.15, -0.1) is 0 Å². The number of hydrogen-bond donors (Lipinski definition) is 1. The molecular weight excluding hydrogens is 248 g/mol. The normalized spacial score (nSPS) is 29.5. The van der Waals surface area contributed by atoms with Gasteiger partial charge in [0.2, 0.25) is 5.91 Å². The van der Waals surface area contributed by atoms with Gasteiger partial charge in [0.15, 0.2) is 0 Å². The molecule has 2 amide bonds. The maximum absolute atomic E-state index is 12.1. The second-order valence-electron chi connectivity index (χ2n) is 5.10. The number of hydrogen-bond acceptors (Lipinski definition) is 4. The molecule has 100 valence electrons. The van der Waals surface area contributed by atoms with Gasteiger partial charge in [-0.05, 0) is 32.8 Å². The summed E-state index contributed by atoms with van der Waals surface area (Å²) in [6.45, 7) is 3.51. The Labute approximate surface area is 109 Å². The number of nitrogens with zero attached hydrogens (tertiary/aromatic N) is 1. The van der Waals surface area contributed by atoms with Crippen molar-refractivity contribution in [2.75, 3.05) is 0 Å². The molecule has 1 saturated carbocycles. The fraction of sp³-hybridized carbons (Fsp3) is 0.462. The van der Waals surface area contributed by atoms with Crippen LogP contribution in [0.25, 0.3) is 6.08 Å². The lowest BCUT2D eigenvalue weighted by molar-refractivity contribution is -0.157. The van der Waals surface area contributed by atoms with Crippen LogP contribution in [0.1, 0.15) is 31.2 Å². The molecule has 3 aliphatic rings. The van der Waals surface area contributed by atoms with Gasteiger partial charge in [0.25, 0.3) is 5.91 Å². The highest BCUT2D eigenvalue weighted by Gasteiger charge is 2.60. The number of carbonyl (C=O) groups is 2. The van der Waals surface area contributed by atoms with Gasteiger partial charge in [0.05, 0.1) is 5.69 Å². The van der Waals surface area contributed by atoms with Crippen LogP contribution >= 0.6 is 0 Å². The van der Waals surface area contributed by atoms with Crippen molar-refractivity contribution in [3.8, 4) is 0 Å². The van der Waals surface area contributed by atoms with Crippen molar-refractivity contribution in [2.45, 2.75) is 32.2 Å². The summed E-state index contributed by atoms with van der Waals surface area (Å²) < 4.78 is 6.50. The van der Waals surface area contributed by atoms with Crippen LogP contribution in [0.3, 0.4) is 0 Å². The number of rotatable bonds is 2. The van der Waals surface area contributed by atoms with Crippen molar-refractivity contribution in [1.82, 2.24) is 9.88 Å². The number of allylic oxidation sites excluding steroid dienone is 1. The Bertz CT molecular complexity index is 659. The average Bonchev–Trinajstić information content (AvgIpc) is 2.54. The molecule has 0 atom stereocenters. The molecule has 1 aliphatic carbocycles. The van der Waals surface area contributed by atoms with Gasteiger partial charge < -0.3 is 4.42 Å². The van der Waals surface area contributed by atoms with Crippen molar-refractivity contribution < 1.29 is 14.0 Å². The zero-order chi connectivity index (χ0) is 13.8. The molecule has 6 nitrogen and oxygen atoms in total. The van der Waals surface area contributed by atoms with Gasteiger partial charge >= 0.3 is 5.76 Å². The molecule has 3 fully saturated rings. The first kappa shape index (κ1) is 12.0. The van der Waals surface area contributed by atoms with Crippen molar-refractivity contribution in [2.24, 2.45) is 5.92 Å². The van der Waals surface area contributed by atoms with Crippen LogP contribution < -0.4 is 11.1 Å². The summed E-state index contributed by atoms with van der Waals surface area (Å²) in [7, 11) is 0. The Hall–Kier alpha value is -2.11. The van der Waals surface area contributed by atoms with E-state index in [9.17, 15) is 14.4 Å². The number of aromatic nitrogens is 1. The molecule has 2 bridgehead atoms. The molecule has 3 heterocycles. The van der Waals surface area contributed by atoms with Gasteiger partial charge in [-0.25, -0.2) is 4.79 Å². The molecule has 1 aromatic rings. The average molecular weight is 262 g/mol. The maximum Gasteiger partial charge on any atom is 0.420 e. The number of nitrogens with one attached hydrogen (secondary N) is 1. The van der Waals surface area contributed by atoms with Crippen LogP contribution in [-0.4, -0.2) is 16.4 Å². The Kier molecular flexibility index (Phi) is 2.32. The van der Waals surface area contributed by atoms with E-state index in [0.717, 1.165) is 0 Å². The third-order valence-electron chi connectivity index (χ3n) is 3.98. The number of amides is 2. The standard InChI is InChI=1S/C13H14N2O4/c1-3-4-9-7(2)19-12(18)15(9)13-5-8(6-13)10(16)14-11(13)17/h3-4,8H,5-6H2,1-2H3,(H,14,16,17)/b4-3-. The number of piperidine rings is 2. The highest BCUT2D eigenvalue weighted by molar-refractivity contribution is 6.06. The van der Waals surface area contributed by atoms with Crippen molar-refractivity contribution in [3.63, 3.8) is 0 Å². The highest BCUT2D eigenvalue weighted by Crippen LogP contribution is 2.47. The summed E-state index contributed by atoms with van der Waals surface area (Å²) in [5.41, 5.74) is -0.363. The minimum absolute atomic E-state index is 0.182. The Morgan fingerprint density at radius 1 is 1.37 bits per heavy atom. The molecule has 0 aromatic carbocycles. The van der Waals surface area contributed by atoms with E-state index >= 15 is 0 Å². The van der Waals surface area contributed by atoms with Crippen LogP contribution in [0.2, 0.25) is 0 Å². The smallest absolute Gasteiger partial charge is 0.413 e. The zero-order valence-corrected chi connectivity index (χ0v) is 10.7. The molecule has 0 spiro atoms. The van der Waals surface area contributed by atoms with Crippen LogP contribution in [0.15, 0.2) is 15.3 Å². The SMILES string of the molecule is C/C=C\c1c(C)oc(=O)n1C12CC(C1)C(=O)NC2=O. The van der Waals surface area contributed by atoms with E-state index in [1.165, 1.54) is 4.57 Å². The quantitative estimate of drug-likeness (QED) is 0.789. The zero-order valence-electron chi connectivity index (χ0n) is 10.7. The summed E-state index contributed by atoms with van der Waals surface area (Å²) in [6.07, 6.45) is 4.28. The van der Waals surface area contributed by atoms with Gasteiger partial charge in [-0.2, -0.15) is 0 Å². The van der Waals surface area contributed by atoms with E-state index in [0.29, 0.717) is 24.3 Å². The van der Waals surface area contributed by atoms with E-state index < -0.39 is 17.2 Å². The van der Waals surface area contributed by atoms with E-state index in [-0.39, 0.29) is 11.8 Å². The number of oxazole rings is 1. The largest absolute Gasteiger partial charge is 0.420 e. The topological polar surface area (TPSA) is 81.3 Å². The van der Waals surface area contributed by atoms with Crippen LogP contribution in [0.4, 0.5) is 0 Å². The molecule has 19 heavy (non-hydrogen) atoms. The third kappa shape index (κ3) is 1.39. The lowest BCUT2D eigenvalue weighted by Gasteiger charge is -2.49. The fourth-order valence-electron chi connectivity index (χ4n) is 2.98. The lowest BCUT2D eigenvalue weighted by Crippen LogP contribution is -2.68. The number of fused-ring (bicyclic) bond motifs is 2. The Balaban J connectivity index is 2.16. The van der Waals surface area contributed by atoms with Crippen LogP contribution in [-0.2, 0) is 15.1 Å². The number of aryl methyl sites for hydroxylation is 1. The summed E-state index contributed by atoms with van der Waals surface area (Å²) in [4.78, 5) is 35.6. The molecule has 6 heteroatoms. The molecule has 1 N–H and O–H groups in total. The van der Waals surface area contributed by atoms with Gasteiger partial charge in [0, 0.05) is 5.92 Å². The highest BCUT2D eigenvalue weighted by atomic mass is 16.4. The number of imide groups is 1. The molecule has 0 radical (unpaired) electrons. The molecule has 2 saturated heterocycles. The minimum atomic E-state index is -0.956. The molecule has 1 aromatic heterocycles. The Morgan fingerprint density at radius 3 is 2.63 bits per heavy atom. The third-order valence-corrected chi connectivity index (χ3v) is 3.98. The van der Waals surface area contributed by atoms with Crippen molar-refractivity contribution in [3.05, 3.63) is 28.1 Å². The van der Waals surface area contributed by atoms with Gasteiger partial charge in [-0.3, -0.25) is 19.5 Å². The predicted octanol–water partition coefficient (Wildman–Crippen LogP) is 0.545.